The number of benzene rings is 1. The SMILES string of the molecule is CC(C)(C)N(Cc1cccc(F)c1)C(=O)CN1CCC(C(=O)O)CC1. The quantitative estimate of drug-likeness (QED) is 0.887. The van der Waals surface area contributed by atoms with E-state index >= 15 is 0 Å². The Labute approximate surface area is 148 Å². The molecule has 25 heavy (non-hydrogen) atoms. The molecule has 1 N–H and O–H groups in total. The van der Waals surface area contributed by atoms with E-state index in [1.807, 2.05) is 31.7 Å². The van der Waals surface area contributed by atoms with Gasteiger partial charge in [-0.1, -0.05) is 12.1 Å². The van der Waals surface area contributed by atoms with Crippen LogP contribution >= 0.6 is 0 Å². The highest BCUT2D eigenvalue weighted by Crippen LogP contribution is 2.21. The van der Waals surface area contributed by atoms with Crippen molar-refractivity contribution in [1.29, 1.82) is 0 Å². The first-order valence-corrected chi connectivity index (χ1v) is 8.67. The minimum atomic E-state index is -0.756. The first kappa shape index (κ1) is 19.4. The van der Waals surface area contributed by atoms with Gasteiger partial charge in [0.25, 0.3) is 0 Å². The van der Waals surface area contributed by atoms with E-state index in [1.54, 1.807) is 11.0 Å². The van der Waals surface area contributed by atoms with Gasteiger partial charge in [-0.05, 0) is 64.4 Å². The third-order valence-corrected chi connectivity index (χ3v) is 4.64. The predicted molar refractivity (Wildman–Crippen MR) is 93.5 cm³/mol. The van der Waals surface area contributed by atoms with Crippen molar-refractivity contribution in [2.24, 2.45) is 5.92 Å². The highest BCUT2D eigenvalue weighted by atomic mass is 19.1. The highest BCUT2D eigenvalue weighted by Gasteiger charge is 2.30. The molecule has 2 rings (SSSR count). The van der Waals surface area contributed by atoms with Gasteiger partial charge in [0.1, 0.15) is 5.82 Å². The third kappa shape index (κ3) is 5.53. The summed E-state index contributed by atoms with van der Waals surface area (Å²) in [5, 5.41) is 9.06. The van der Waals surface area contributed by atoms with E-state index in [0.29, 0.717) is 32.5 Å². The summed E-state index contributed by atoms with van der Waals surface area (Å²) >= 11 is 0. The molecule has 1 amide bonds. The standard InChI is InChI=1S/C19H27FN2O3/c1-19(2,3)22(12-14-5-4-6-16(20)11-14)17(23)13-21-9-7-15(8-10-21)18(24)25/h4-6,11,15H,7-10,12-13H2,1-3H3,(H,24,25). The van der Waals surface area contributed by atoms with Gasteiger partial charge < -0.3 is 10.0 Å². The number of nitrogens with zero attached hydrogens (tertiary/aromatic N) is 2. The lowest BCUT2D eigenvalue weighted by Crippen LogP contribution is -2.50. The molecule has 0 radical (unpaired) electrons. The minimum Gasteiger partial charge on any atom is -0.481 e. The maximum Gasteiger partial charge on any atom is 0.306 e. The second-order valence-electron chi connectivity index (χ2n) is 7.67. The van der Waals surface area contributed by atoms with Gasteiger partial charge in [0, 0.05) is 12.1 Å². The van der Waals surface area contributed by atoms with Crippen molar-refractivity contribution < 1.29 is 19.1 Å². The zero-order valence-electron chi connectivity index (χ0n) is 15.2. The summed E-state index contributed by atoms with van der Waals surface area (Å²) < 4.78 is 13.4. The molecule has 1 saturated heterocycles. The molecular weight excluding hydrogens is 323 g/mol. The molecule has 1 fully saturated rings. The van der Waals surface area contributed by atoms with Gasteiger partial charge in [-0.15, -0.1) is 0 Å². The molecule has 0 aromatic heterocycles. The van der Waals surface area contributed by atoms with Gasteiger partial charge >= 0.3 is 5.97 Å². The monoisotopic (exact) mass is 350 g/mol. The summed E-state index contributed by atoms with van der Waals surface area (Å²) in [6, 6.07) is 6.30. The van der Waals surface area contributed by atoms with Crippen molar-refractivity contribution in [3.8, 4) is 0 Å². The molecule has 1 heterocycles. The fourth-order valence-electron chi connectivity index (χ4n) is 3.13. The van der Waals surface area contributed by atoms with Gasteiger partial charge in [0.05, 0.1) is 12.5 Å². The summed E-state index contributed by atoms with van der Waals surface area (Å²) in [6.45, 7) is 7.72. The van der Waals surface area contributed by atoms with Gasteiger partial charge in [0.2, 0.25) is 5.91 Å². The second kappa shape index (κ2) is 7.95. The number of piperidine rings is 1. The number of hydrogen-bond donors (Lipinski definition) is 1. The Kier molecular flexibility index (Phi) is 6.16. The van der Waals surface area contributed by atoms with Gasteiger partial charge in [-0.3, -0.25) is 14.5 Å². The molecule has 0 aliphatic carbocycles. The molecular formula is C19H27FN2O3. The van der Waals surface area contributed by atoms with Crippen LogP contribution in [0, 0.1) is 11.7 Å². The molecule has 1 aromatic carbocycles. The Morgan fingerprint density at radius 2 is 1.92 bits per heavy atom. The summed E-state index contributed by atoms with van der Waals surface area (Å²) in [6.07, 6.45) is 1.14. The second-order valence-corrected chi connectivity index (χ2v) is 7.67. The molecule has 5 nitrogen and oxygen atoms in total. The Morgan fingerprint density at radius 1 is 1.28 bits per heavy atom. The van der Waals surface area contributed by atoms with Gasteiger partial charge in [-0.2, -0.15) is 0 Å². The Bertz CT molecular complexity index is 619. The summed E-state index contributed by atoms with van der Waals surface area (Å²) in [7, 11) is 0. The van der Waals surface area contributed by atoms with Gasteiger partial charge in [-0.25, -0.2) is 4.39 Å². The third-order valence-electron chi connectivity index (χ3n) is 4.64. The molecule has 1 aromatic rings. The lowest BCUT2D eigenvalue weighted by molar-refractivity contribution is -0.143. The highest BCUT2D eigenvalue weighted by molar-refractivity contribution is 5.79. The number of carbonyl (C=O) groups excluding carboxylic acids is 1. The normalized spacial score (nSPS) is 16.6. The van der Waals surface area contributed by atoms with Crippen LogP contribution in [0.15, 0.2) is 24.3 Å². The smallest absolute Gasteiger partial charge is 0.306 e. The van der Waals surface area contributed by atoms with E-state index in [4.69, 9.17) is 5.11 Å². The number of halogens is 1. The number of carboxylic acid groups (broad SMARTS) is 1. The average molecular weight is 350 g/mol. The summed E-state index contributed by atoms with van der Waals surface area (Å²) in [4.78, 5) is 27.6. The van der Waals surface area contributed by atoms with Crippen molar-refractivity contribution in [2.75, 3.05) is 19.6 Å². The summed E-state index contributed by atoms with van der Waals surface area (Å²) in [5.74, 6) is -1.40. The van der Waals surface area contributed by atoms with E-state index in [0.717, 1.165) is 5.56 Å². The molecule has 1 aliphatic heterocycles. The van der Waals surface area contributed by atoms with Crippen LogP contribution in [-0.2, 0) is 16.1 Å². The lowest BCUT2D eigenvalue weighted by Gasteiger charge is -2.38. The van der Waals surface area contributed by atoms with E-state index in [1.165, 1.54) is 12.1 Å². The van der Waals surface area contributed by atoms with Crippen LogP contribution < -0.4 is 0 Å². The van der Waals surface area contributed by atoms with E-state index in [-0.39, 0.29) is 29.7 Å². The largest absolute Gasteiger partial charge is 0.481 e. The van der Waals surface area contributed by atoms with Crippen LogP contribution in [0.25, 0.3) is 0 Å². The van der Waals surface area contributed by atoms with Crippen LogP contribution in [0.1, 0.15) is 39.2 Å². The molecule has 0 atom stereocenters. The first-order chi connectivity index (χ1) is 11.7. The number of carboxylic acids is 1. The molecule has 138 valence electrons. The average Bonchev–Trinajstić information content (AvgIpc) is 2.52. The zero-order chi connectivity index (χ0) is 18.6. The summed E-state index contributed by atoms with van der Waals surface area (Å²) in [5.41, 5.74) is 0.371. The number of rotatable bonds is 5. The number of aliphatic carboxylic acids is 1. The molecule has 0 unspecified atom stereocenters. The molecule has 1 aliphatic rings. The van der Waals surface area contributed by atoms with Crippen molar-refractivity contribution in [2.45, 2.75) is 45.7 Å². The molecule has 0 bridgehead atoms. The topological polar surface area (TPSA) is 60.9 Å². The minimum absolute atomic E-state index is 0.0227. The zero-order valence-corrected chi connectivity index (χ0v) is 15.2. The predicted octanol–water partition coefficient (Wildman–Crippen LogP) is 2.75. The van der Waals surface area contributed by atoms with Crippen LogP contribution in [0.2, 0.25) is 0 Å². The Hall–Kier alpha value is -1.95. The number of hydrogen-bond acceptors (Lipinski definition) is 3. The van der Waals surface area contributed by atoms with E-state index in [2.05, 4.69) is 0 Å². The van der Waals surface area contributed by atoms with Crippen LogP contribution in [0.4, 0.5) is 4.39 Å². The Morgan fingerprint density at radius 3 is 2.44 bits per heavy atom. The maximum absolute atomic E-state index is 13.4. The maximum atomic E-state index is 13.4. The van der Waals surface area contributed by atoms with Gasteiger partial charge in [0.15, 0.2) is 0 Å². The van der Waals surface area contributed by atoms with Crippen LogP contribution in [0.3, 0.4) is 0 Å². The number of amides is 1. The van der Waals surface area contributed by atoms with E-state index < -0.39 is 5.97 Å². The lowest BCUT2D eigenvalue weighted by atomic mass is 9.97. The first-order valence-electron chi connectivity index (χ1n) is 8.67. The van der Waals surface area contributed by atoms with Crippen LogP contribution in [0.5, 0.6) is 0 Å². The van der Waals surface area contributed by atoms with E-state index in [9.17, 15) is 14.0 Å². The molecule has 6 heteroatoms. The molecule has 0 spiro atoms. The number of likely N-dealkylation sites (tertiary alicyclic amines) is 1. The van der Waals surface area contributed by atoms with Crippen molar-refractivity contribution >= 4 is 11.9 Å². The van der Waals surface area contributed by atoms with Crippen molar-refractivity contribution in [3.63, 3.8) is 0 Å². The van der Waals surface area contributed by atoms with Crippen molar-refractivity contribution in [3.05, 3.63) is 35.6 Å². The molecule has 0 saturated carbocycles. The Balaban J connectivity index is 2.01. The van der Waals surface area contributed by atoms with Crippen molar-refractivity contribution in [1.82, 2.24) is 9.80 Å². The van der Waals surface area contributed by atoms with Crippen LogP contribution in [-0.4, -0.2) is 52.0 Å². The fraction of sp³-hybridized carbons (Fsp3) is 0.579. The fourth-order valence-corrected chi connectivity index (χ4v) is 3.13. The number of carbonyl (C=O) groups is 2.